The Bertz CT molecular complexity index is 2340. The van der Waals surface area contributed by atoms with E-state index < -0.39 is 0 Å². The summed E-state index contributed by atoms with van der Waals surface area (Å²) in [5.41, 5.74) is 14.5. The number of rotatable bonds is 1. The van der Waals surface area contributed by atoms with Crippen molar-refractivity contribution in [3.63, 3.8) is 0 Å². The minimum absolute atomic E-state index is 0.132. The second-order valence-electron chi connectivity index (χ2n) is 12.0. The van der Waals surface area contributed by atoms with Gasteiger partial charge in [0.15, 0.2) is 0 Å². The highest BCUT2D eigenvalue weighted by molar-refractivity contribution is 7.05. The number of anilines is 3. The first kappa shape index (κ1) is 21.5. The zero-order valence-electron chi connectivity index (χ0n) is 22.6. The Hall–Kier alpha value is -5.21. The van der Waals surface area contributed by atoms with Crippen LogP contribution in [0.1, 0.15) is 0 Å². The maximum atomic E-state index is 6.87. The molecular weight excluding hydrogens is 508 g/mol. The lowest BCUT2D eigenvalue weighted by Crippen LogP contribution is -2.65. The first-order valence-electron chi connectivity index (χ1n) is 14.8. The largest absolute Gasteiger partial charge is 0.458 e. The van der Waals surface area contributed by atoms with E-state index in [1.165, 1.54) is 76.8 Å². The molecule has 0 saturated heterocycles. The van der Waals surface area contributed by atoms with Gasteiger partial charge in [0.1, 0.15) is 11.5 Å². The lowest BCUT2D eigenvalue weighted by molar-refractivity contribution is 0.488. The van der Waals surface area contributed by atoms with Crippen molar-refractivity contribution in [1.29, 1.82) is 0 Å². The zero-order chi connectivity index (χ0) is 27.1. The maximum absolute atomic E-state index is 6.87. The minimum atomic E-state index is 0.132. The fourth-order valence-electron chi connectivity index (χ4n) is 8.62. The van der Waals surface area contributed by atoms with Gasteiger partial charge in [-0.2, -0.15) is 0 Å². The van der Waals surface area contributed by atoms with E-state index in [9.17, 15) is 0 Å². The van der Waals surface area contributed by atoms with Crippen LogP contribution in [0.25, 0.3) is 32.7 Å². The highest BCUT2D eigenvalue weighted by Gasteiger charge is 2.48. The molecule has 0 amide bonds. The Morgan fingerprint density at radius 3 is 1.88 bits per heavy atom. The Labute approximate surface area is 244 Å². The molecule has 0 fully saturated rings. The molecule has 0 aromatic heterocycles. The van der Waals surface area contributed by atoms with Crippen LogP contribution in [-0.4, -0.2) is 13.4 Å². The highest BCUT2D eigenvalue weighted by atomic mass is 16.5. The molecule has 0 spiro atoms. The Kier molecular flexibility index (Phi) is 3.76. The van der Waals surface area contributed by atoms with Gasteiger partial charge in [0, 0.05) is 23.1 Å². The standard InChI is InChI=1S/C38H21B2NO/c1-2-12-24(13-3-1)41-29-18-6-4-14-25(29)39-27-16-8-10-22-20-23-11-9-17-28-34(23)35(33(22)27)36-37(39)30(41)21-32-38(36)40(28)26-15-5-7-19-31(26)42-32/h1-21H. The van der Waals surface area contributed by atoms with Crippen molar-refractivity contribution >= 4 is 84.8 Å². The van der Waals surface area contributed by atoms with E-state index in [0.29, 0.717) is 0 Å². The van der Waals surface area contributed by atoms with Crippen molar-refractivity contribution in [2.24, 2.45) is 0 Å². The number of benzene rings is 7. The third-order valence-corrected chi connectivity index (χ3v) is 10.1. The summed E-state index contributed by atoms with van der Waals surface area (Å²) in [5.74, 6) is 1.93. The minimum Gasteiger partial charge on any atom is -0.458 e. The third-order valence-electron chi connectivity index (χ3n) is 10.1. The molecule has 11 rings (SSSR count). The third kappa shape index (κ3) is 2.39. The van der Waals surface area contributed by atoms with Crippen LogP contribution < -0.4 is 42.4 Å². The van der Waals surface area contributed by atoms with Gasteiger partial charge in [0.05, 0.1) is 0 Å². The van der Waals surface area contributed by atoms with Crippen molar-refractivity contribution in [3.8, 4) is 22.6 Å². The highest BCUT2D eigenvalue weighted by Crippen LogP contribution is 2.47. The summed E-state index contributed by atoms with van der Waals surface area (Å²) in [5, 5.41) is 5.43. The maximum Gasteiger partial charge on any atom is 0.252 e. The molecule has 4 aliphatic heterocycles. The smallest absolute Gasteiger partial charge is 0.252 e. The van der Waals surface area contributed by atoms with Gasteiger partial charge in [-0.15, -0.1) is 0 Å². The fraction of sp³-hybridized carbons (Fsp3) is 0. The summed E-state index contributed by atoms with van der Waals surface area (Å²) < 4.78 is 6.87. The monoisotopic (exact) mass is 529 g/mol. The summed E-state index contributed by atoms with van der Waals surface area (Å²) in [6.07, 6.45) is 0. The van der Waals surface area contributed by atoms with Crippen LogP contribution in [0.5, 0.6) is 11.5 Å². The molecule has 0 atom stereocenters. The van der Waals surface area contributed by atoms with Gasteiger partial charge in [0.25, 0.3) is 6.71 Å². The second kappa shape index (κ2) is 7.35. The van der Waals surface area contributed by atoms with Crippen LogP contribution in [0.2, 0.25) is 0 Å². The number of ether oxygens (including phenoxy) is 1. The fourth-order valence-corrected chi connectivity index (χ4v) is 8.62. The van der Waals surface area contributed by atoms with Crippen LogP contribution >= 0.6 is 0 Å². The SMILES string of the molecule is c1ccc(N2c3ccccc3B3c4c2cc2c5c4-c4c6c(cccc6cc6cccc3c46)B5c3ccccc3O2)cc1. The quantitative estimate of drug-likeness (QED) is 0.214. The molecule has 4 aliphatic rings. The van der Waals surface area contributed by atoms with Crippen molar-refractivity contribution in [2.75, 3.05) is 4.90 Å². The molecule has 190 valence electrons. The normalized spacial score (nSPS) is 14.2. The van der Waals surface area contributed by atoms with Crippen molar-refractivity contribution in [1.82, 2.24) is 0 Å². The van der Waals surface area contributed by atoms with Crippen molar-refractivity contribution < 1.29 is 4.74 Å². The van der Waals surface area contributed by atoms with Crippen LogP contribution in [0.4, 0.5) is 17.1 Å². The number of nitrogens with zero attached hydrogens (tertiary/aromatic N) is 1. The van der Waals surface area contributed by atoms with Crippen LogP contribution in [0.15, 0.2) is 127 Å². The Morgan fingerprint density at radius 1 is 0.452 bits per heavy atom. The average Bonchev–Trinajstić information content (AvgIpc) is 3.04. The lowest BCUT2D eigenvalue weighted by Gasteiger charge is -2.44. The predicted octanol–water partition coefficient (Wildman–Crippen LogP) is 5.21. The molecule has 7 aromatic carbocycles. The number of hydrogen-bond donors (Lipinski definition) is 0. The first-order chi connectivity index (χ1) is 20.9. The molecule has 7 aromatic rings. The molecule has 4 heterocycles. The molecule has 42 heavy (non-hydrogen) atoms. The summed E-state index contributed by atoms with van der Waals surface area (Å²) in [6, 6.07) is 47.0. The molecule has 2 nitrogen and oxygen atoms in total. The van der Waals surface area contributed by atoms with Crippen molar-refractivity contribution in [3.05, 3.63) is 127 Å². The predicted molar refractivity (Wildman–Crippen MR) is 177 cm³/mol. The second-order valence-corrected chi connectivity index (χ2v) is 12.0. The molecule has 0 unspecified atom stereocenters. The van der Waals surface area contributed by atoms with E-state index in [1.54, 1.807) is 0 Å². The van der Waals surface area contributed by atoms with Gasteiger partial charge < -0.3 is 9.64 Å². The van der Waals surface area contributed by atoms with Gasteiger partial charge in [-0.05, 0) is 84.9 Å². The molecule has 0 bridgehead atoms. The molecule has 0 saturated carbocycles. The van der Waals surface area contributed by atoms with Gasteiger partial charge in [-0.1, -0.05) is 102 Å². The summed E-state index contributed by atoms with van der Waals surface area (Å²) in [6.45, 7) is 0.278. The van der Waals surface area contributed by atoms with Gasteiger partial charge >= 0.3 is 0 Å². The summed E-state index contributed by atoms with van der Waals surface area (Å²) in [4.78, 5) is 2.46. The molecular formula is C38H21B2NO. The summed E-state index contributed by atoms with van der Waals surface area (Å²) >= 11 is 0. The van der Waals surface area contributed by atoms with E-state index in [0.717, 1.165) is 17.2 Å². The zero-order valence-corrected chi connectivity index (χ0v) is 22.6. The lowest BCUT2D eigenvalue weighted by atomic mass is 9.27. The van der Waals surface area contributed by atoms with Gasteiger partial charge in [-0.3, -0.25) is 0 Å². The average molecular weight is 529 g/mol. The molecule has 0 aliphatic carbocycles. The van der Waals surface area contributed by atoms with Crippen LogP contribution in [-0.2, 0) is 0 Å². The summed E-state index contributed by atoms with van der Waals surface area (Å²) in [7, 11) is 0. The van der Waals surface area contributed by atoms with Gasteiger partial charge in [-0.25, -0.2) is 0 Å². The number of para-hydroxylation sites is 3. The number of hydrogen-bond acceptors (Lipinski definition) is 2. The van der Waals surface area contributed by atoms with E-state index in [1.807, 2.05) is 0 Å². The van der Waals surface area contributed by atoms with Crippen molar-refractivity contribution in [2.45, 2.75) is 0 Å². The molecule has 0 radical (unpaired) electrons. The van der Waals surface area contributed by atoms with Gasteiger partial charge in [0.2, 0.25) is 6.71 Å². The van der Waals surface area contributed by atoms with E-state index in [2.05, 4.69) is 132 Å². The van der Waals surface area contributed by atoms with Crippen LogP contribution in [0.3, 0.4) is 0 Å². The Morgan fingerprint density at radius 2 is 1.10 bits per heavy atom. The molecule has 0 N–H and O–H groups in total. The van der Waals surface area contributed by atoms with E-state index in [4.69, 9.17) is 4.74 Å². The topological polar surface area (TPSA) is 12.5 Å². The van der Waals surface area contributed by atoms with E-state index in [-0.39, 0.29) is 13.4 Å². The van der Waals surface area contributed by atoms with Crippen LogP contribution in [0, 0.1) is 0 Å². The molecule has 4 heteroatoms. The Balaban J connectivity index is 1.41. The van der Waals surface area contributed by atoms with E-state index >= 15 is 0 Å². The number of fused-ring (bicyclic) bond motifs is 6. The first-order valence-corrected chi connectivity index (χ1v) is 14.8.